The number of nitrogens with two attached hydrogens (primary N) is 1. The summed E-state index contributed by atoms with van der Waals surface area (Å²) in [6, 6.07) is 0. The number of hydrogen-bond donors (Lipinski definition) is 2. The van der Waals surface area contributed by atoms with Crippen LogP contribution in [0.5, 0.6) is 0 Å². The number of amides is 1. The molecule has 0 aromatic carbocycles. The first-order chi connectivity index (χ1) is 5.24. The molecule has 1 fully saturated rings. The van der Waals surface area contributed by atoms with Gasteiger partial charge in [0.15, 0.2) is 0 Å². The summed E-state index contributed by atoms with van der Waals surface area (Å²) in [6.07, 6.45) is 3.62. The Morgan fingerprint density at radius 2 is 1.91 bits per heavy atom. The van der Waals surface area contributed by atoms with E-state index in [1.54, 1.807) is 0 Å². The Labute approximate surface area is 66.6 Å². The number of aliphatic hydroxyl groups is 1. The lowest BCUT2D eigenvalue weighted by Gasteiger charge is -2.24. The molecule has 0 heterocycles. The normalized spacial score (nSPS) is 31.7. The first kappa shape index (κ1) is 8.53. The molecule has 1 aliphatic carbocycles. The van der Waals surface area contributed by atoms with Gasteiger partial charge < -0.3 is 10.8 Å². The second kappa shape index (κ2) is 3.72. The van der Waals surface area contributed by atoms with E-state index in [9.17, 15) is 4.79 Å². The van der Waals surface area contributed by atoms with Crippen LogP contribution in [0.4, 0.5) is 0 Å². The van der Waals surface area contributed by atoms with Gasteiger partial charge in [-0.15, -0.1) is 0 Å². The monoisotopic (exact) mass is 157 g/mol. The van der Waals surface area contributed by atoms with E-state index in [1.165, 1.54) is 0 Å². The predicted molar refractivity (Wildman–Crippen MR) is 41.7 cm³/mol. The molecule has 0 bridgehead atoms. The summed E-state index contributed by atoms with van der Waals surface area (Å²) in [5.74, 6) is 0.296. The highest BCUT2D eigenvalue weighted by Crippen LogP contribution is 2.27. The molecule has 1 amide bonds. The maximum absolute atomic E-state index is 10.7. The molecule has 0 aromatic rings. The van der Waals surface area contributed by atoms with E-state index in [0.717, 1.165) is 25.7 Å². The van der Waals surface area contributed by atoms with Crippen molar-refractivity contribution in [3.8, 4) is 0 Å². The van der Waals surface area contributed by atoms with Gasteiger partial charge in [0.2, 0.25) is 5.91 Å². The Bertz CT molecular complexity index is 139. The topological polar surface area (TPSA) is 63.3 Å². The number of rotatable bonds is 2. The lowest BCUT2D eigenvalue weighted by atomic mass is 9.82. The average molecular weight is 157 g/mol. The molecule has 3 nitrogen and oxygen atoms in total. The predicted octanol–water partition coefficient (Wildman–Crippen LogP) is 0.270. The van der Waals surface area contributed by atoms with Crippen molar-refractivity contribution in [1.29, 1.82) is 0 Å². The molecule has 0 atom stereocenters. The van der Waals surface area contributed by atoms with Gasteiger partial charge in [0.05, 0.1) is 0 Å². The molecule has 0 aromatic heterocycles. The average Bonchev–Trinajstić information content (AvgIpc) is 2.05. The Morgan fingerprint density at radius 1 is 1.36 bits per heavy atom. The highest BCUT2D eigenvalue weighted by molar-refractivity contribution is 5.76. The van der Waals surface area contributed by atoms with E-state index in [1.807, 2.05) is 0 Å². The van der Waals surface area contributed by atoms with Gasteiger partial charge in [0.1, 0.15) is 0 Å². The zero-order valence-corrected chi connectivity index (χ0v) is 6.62. The Hall–Kier alpha value is -0.570. The van der Waals surface area contributed by atoms with Crippen LogP contribution in [0.1, 0.15) is 25.7 Å². The van der Waals surface area contributed by atoms with Gasteiger partial charge in [-0.2, -0.15) is 0 Å². The van der Waals surface area contributed by atoms with Gasteiger partial charge in [-0.25, -0.2) is 0 Å². The summed E-state index contributed by atoms with van der Waals surface area (Å²) < 4.78 is 0. The van der Waals surface area contributed by atoms with E-state index in [0.29, 0.717) is 5.92 Å². The molecule has 1 aliphatic rings. The largest absolute Gasteiger partial charge is 0.396 e. The highest BCUT2D eigenvalue weighted by atomic mass is 16.3. The first-order valence-electron chi connectivity index (χ1n) is 4.14. The molecule has 0 spiro atoms. The minimum absolute atomic E-state index is 0.0674. The van der Waals surface area contributed by atoms with Gasteiger partial charge in [0, 0.05) is 12.5 Å². The van der Waals surface area contributed by atoms with Crippen molar-refractivity contribution in [3.05, 3.63) is 0 Å². The zero-order chi connectivity index (χ0) is 8.27. The van der Waals surface area contributed by atoms with Crippen LogP contribution in [-0.2, 0) is 4.79 Å². The van der Waals surface area contributed by atoms with E-state index >= 15 is 0 Å². The molecule has 0 unspecified atom stereocenters. The lowest BCUT2D eigenvalue weighted by Crippen LogP contribution is -2.28. The van der Waals surface area contributed by atoms with Gasteiger partial charge >= 0.3 is 0 Å². The van der Waals surface area contributed by atoms with Crippen molar-refractivity contribution < 1.29 is 9.90 Å². The summed E-state index contributed by atoms with van der Waals surface area (Å²) in [5.41, 5.74) is 5.15. The second-order valence-corrected chi connectivity index (χ2v) is 3.30. The van der Waals surface area contributed by atoms with Crippen LogP contribution in [0.3, 0.4) is 0 Å². The van der Waals surface area contributed by atoms with Crippen molar-refractivity contribution in [2.45, 2.75) is 25.7 Å². The molecule has 3 N–H and O–H groups in total. The molecule has 3 heteroatoms. The highest BCUT2D eigenvalue weighted by Gasteiger charge is 2.23. The van der Waals surface area contributed by atoms with Crippen molar-refractivity contribution in [2.24, 2.45) is 17.6 Å². The van der Waals surface area contributed by atoms with E-state index in [4.69, 9.17) is 10.8 Å². The second-order valence-electron chi connectivity index (χ2n) is 3.30. The van der Waals surface area contributed by atoms with Crippen LogP contribution in [0.15, 0.2) is 0 Å². The van der Waals surface area contributed by atoms with Gasteiger partial charge in [-0.05, 0) is 31.6 Å². The number of primary amides is 1. The third-order valence-corrected chi connectivity index (χ3v) is 2.51. The van der Waals surface area contributed by atoms with Gasteiger partial charge in [-0.3, -0.25) is 4.79 Å². The number of hydrogen-bond acceptors (Lipinski definition) is 2. The molecule has 64 valence electrons. The summed E-state index contributed by atoms with van der Waals surface area (Å²) >= 11 is 0. The lowest BCUT2D eigenvalue weighted by molar-refractivity contribution is -0.123. The van der Waals surface area contributed by atoms with Crippen molar-refractivity contribution >= 4 is 5.91 Å². The summed E-state index contributed by atoms with van der Waals surface area (Å²) in [5, 5.41) is 8.80. The van der Waals surface area contributed by atoms with Crippen LogP contribution in [0, 0.1) is 11.8 Å². The minimum atomic E-state index is -0.179. The van der Waals surface area contributed by atoms with E-state index in [-0.39, 0.29) is 18.4 Å². The Kier molecular flexibility index (Phi) is 2.88. The standard InChI is InChI=1S/C8H15NO2/c9-8(11)7-3-1-6(5-10)2-4-7/h6-7,10H,1-5H2,(H2,9,11). The van der Waals surface area contributed by atoms with Crippen molar-refractivity contribution in [3.63, 3.8) is 0 Å². The molecular formula is C8H15NO2. The van der Waals surface area contributed by atoms with E-state index in [2.05, 4.69) is 0 Å². The summed E-state index contributed by atoms with van der Waals surface area (Å²) in [4.78, 5) is 10.7. The fourth-order valence-electron chi connectivity index (χ4n) is 1.63. The molecule has 1 rings (SSSR count). The molecule has 0 saturated heterocycles. The SMILES string of the molecule is NC(=O)C1CCC(CO)CC1. The number of carbonyl (C=O) groups is 1. The molecule has 0 radical (unpaired) electrons. The zero-order valence-electron chi connectivity index (χ0n) is 6.62. The Morgan fingerprint density at radius 3 is 2.27 bits per heavy atom. The summed E-state index contributed by atoms with van der Waals surface area (Å²) in [7, 11) is 0. The van der Waals surface area contributed by atoms with Crippen LogP contribution in [0.2, 0.25) is 0 Å². The minimum Gasteiger partial charge on any atom is -0.396 e. The Balaban J connectivity index is 2.30. The van der Waals surface area contributed by atoms with Crippen molar-refractivity contribution in [1.82, 2.24) is 0 Å². The van der Waals surface area contributed by atoms with Gasteiger partial charge in [0.25, 0.3) is 0 Å². The number of carbonyl (C=O) groups excluding carboxylic acids is 1. The summed E-state index contributed by atoms with van der Waals surface area (Å²) in [6.45, 7) is 0.255. The fourth-order valence-corrected chi connectivity index (χ4v) is 1.63. The van der Waals surface area contributed by atoms with Crippen LogP contribution >= 0.6 is 0 Å². The van der Waals surface area contributed by atoms with Crippen LogP contribution in [0.25, 0.3) is 0 Å². The smallest absolute Gasteiger partial charge is 0.220 e. The number of aliphatic hydroxyl groups excluding tert-OH is 1. The molecular weight excluding hydrogens is 142 g/mol. The molecule has 11 heavy (non-hydrogen) atoms. The third kappa shape index (κ3) is 2.19. The molecule has 1 saturated carbocycles. The van der Waals surface area contributed by atoms with Crippen LogP contribution in [-0.4, -0.2) is 17.6 Å². The van der Waals surface area contributed by atoms with Crippen LogP contribution < -0.4 is 5.73 Å². The maximum Gasteiger partial charge on any atom is 0.220 e. The van der Waals surface area contributed by atoms with Gasteiger partial charge in [-0.1, -0.05) is 0 Å². The first-order valence-corrected chi connectivity index (χ1v) is 4.14. The molecule has 0 aliphatic heterocycles. The van der Waals surface area contributed by atoms with E-state index < -0.39 is 0 Å². The van der Waals surface area contributed by atoms with Crippen molar-refractivity contribution in [2.75, 3.05) is 6.61 Å². The fraction of sp³-hybridized carbons (Fsp3) is 0.875. The maximum atomic E-state index is 10.7. The quantitative estimate of drug-likeness (QED) is 0.604. The third-order valence-electron chi connectivity index (χ3n) is 2.51.